The van der Waals surface area contributed by atoms with Crippen molar-refractivity contribution in [2.75, 3.05) is 11.8 Å². The Hall–Kier alpha value is -2.68. The highest BCUT2D eigenvalue weighted by atomic mass is 32.2. The summed E-state index contributed by atoms with van der Waals surface area (Å²) < 4.78 is 71.6. The highest BCUT2D eigenvalue weighted by Crippen LogP contribution is 2.28. The van der Waals surface area contributed by atoms with Gasteiger partial charge in [-0.05, 0) is 12.1 Å². The molecule has 9 heteroatoms. The number of benzene rings is 2. The van der Waals surface area contributed by atoms with Crippen LogP contribution in [0.1, 0.15) is 0 Å². The lowest BCUT2D eigenvalue weighted by molar-refractivity contribution is 0.415. The van der Waals surface area contributed by atoms with Crippen molar-refractivity contribution in [3.05, 3.63) is 54.0 Å². The summed E-state index contributed by atoms with van der Waals surface area (Å²) in [7, 11) is -2.75. The number of halogens is 3. The largest absolute Gasteiger partial charge is 0.497 e. The summed E-state index contributed by atoms with van der Waals surface area (Å²) in [5, 5.41) is 0.339. The minimum Gasteiger partial charge on any atom is -0.497 e. The predicted molar refractivity (Wildman–Crippen MR) is 82.0 cm³/mol. The molecule has 0 fully saturated rings. The number of aromatic amines is 1. The quantitative estimate of drug-likeness (QED) is 0.704. The third kappa shape index (κ3) is 2.78. The Morgan fingerprint density at radius 1 is 1.04 bits per heavy atom. The second kappa shape index (κ2) is 5.75. The maximum Gasteiger partial charge on any atom is 0.264 e. The highest BCUT2D eigenvalue weighted by molar-refractivity contribution is 7.93. The van der Waals surface area contributed by atoms with Gasteiger partial charge in [-0.15, -0.1) is 0 Å². The van der Waals surface area contributed by atoms with E-state index in [0.29, 0.717) is 22.7 Å². The fourth-order valence-corrected chi connectivity index (χ4v) is 3.47. The van der Waals surface area contributed by atoms with Crippen LogP contribution < -0.4 is 9.46 Å². The monoisotopic (exact) mass is 356 g/mol. The Kier molecular flexibility index (Phi) is 3.88. The number of nitrogens with one attached hydrogen (secondary N) is 2. The van der Waals surface area contributed by atoms with Gasteiger partial charge >= 0.3 is 0 Å². The molecule has 0 aliphatic rings. The molecule has 2 aromatic carbocycles. The highest BCUT2D eigenvalue weighted by Gasteiger charge is 2.22. The first-order valence-corrected chi connectivity index (χ1v) is 8.12. The van der Waals surface area contributed by atoms with E-state index in [1.165, 1.54) is 19.4 Å². The summed E-state index contributed by atoms with van der Waals surface area (Å²) in [5.41, 5.74) is -0.197. The smallest absolute Gasteiger partial charge is 0.264 e. The number of rotatable bonds is 4. The minimum atomic E-state index is -4.22. The van der Waals surface area contributed by atoms with Crippen LogP contribution in [-0.2, 0) is 10.0 Å². The van der Waals surface area contributed by atoms with Crippen molar-refractivity contribution in [2.45, 2.75) is 4.90 Å². The van der Waals surface area contributed by atoms with Crippen LogP contribution in [0.25, 0.3) is 10.9 Å². The molecule has 0 spiro atoms. The summed E-state index contributed by atoms with van der Waals surface area (Å²) >= 11 is 0. The fraction of sp³-hybridized carbons (Fsp3) is 0.0667. The normalized spacial score (nSPS) is 11.7. The standard InChI is InChI=1S/C15H11F3N2O3S/c1-23-8-2-3-9-13(4-8)19-7-15(9)24(21,22)20-14-6-11(17)10(16)5-12(14)18/h2-7,19-20H,1H3. The molecule has 24 heavy (non-hydrogen) atoms. The van der Waals surface area contributed by atoms with Crippen LogP contribution in [0.2, 0.25) is 0 Å². The molecule has 0 aliphatic heterocycles. The van der Waals surface area contributed by atoms with E-state index in [4.69, 9.17) is 4.74 Å². The molecule has 0 unspecified atom stereocenters. The van der Waals surface area contributed by atoms with Crippen LogP contribution in [-0.4, -0.2) is 20.5 Å². The molecule has 0 aliphatic carbocycles. The predicted octanol–water partition coefficient (Wildman–Crippen LogP) is 3.39. The molecule has 0 saturated heterocycles. The van der Waals surface area contributed by atoms with E-state index in [-0.39, 0.29) is 11.0 Å². The molecule has 126 valence electrons. The number of fused-ring (bicyclic) bond motifs is 1. The van der Waals surface area contributed by atoms with Crippen molar-refractivity contribution >= 4 is 26.6 Å². The van der Waals surface area contributed by atoms with Gasteiger partial charge in [0.1, 0.15) is 16.5 Å². The molecular weight excluding hydrogens is 345 g/mol. The number of anilines is 1. The number of methoxy groups -OCH3 is 1. The summed E-state index contributed by atoms with van der Waals surface area (Å²) in [4.78, 5) is 2.60. The summed E-state index contributed by atoms with van der Waals surface area (Å²) in [6.07, 6.45) is 1.21. The van der Waals surface area contributed by atoms with Crippen molar-refractivity contribution in [1.82, 2.24) is 4.98 Å². The molecule has 3 aromatic rings. The van der Waals surface area contributed by atoms with Gasteiger partial charge in [-0.2, -0.15) is 0 Å². The Labute approximate surface area is 135 Å². The lowest BCUT2D eigenvalue weighted by Crippen LogP contribution is -2.14. The molecule has 0 amide bonds. The molecule has 2 N–H and O–H groups in total. The zero-order chi connectivity index (χ0) is 17.5. The first-order chi connectivity index (χ1) is 11.3. The second-order valence-electron chi connectivity index (χ2n) is 4.92. The summed E-state index contributed by atoms with van der Waals surface area (Å²) in [6, 6.07) is 5.38. The minimum absolute atomic E-state index is 0.163. The molecule has 1 heterocycles. The zero-order valence-electron chi connectivity index (χ0n) is 12.2. The van der Waals surface area contributed by atoms with Gasteiger partial charge in [0.15, 0.2) is 11.6 Å². The van der Waals surface area contributed by atoms with Crippen molar-refractivity contribution in [1.29, 1.82) is 0 Å². The second-order valence-corrected chi connectivity index (χ2v) is 6.57. The zero-order valence-corrected chi connectivity index (χ0v) is 13.0. The topological polar surface area (TPSA) is 71.2 Å². The molecular formula is C15H11F3N2O3S. The molecule has 0 saturated carbocycles. The number of aromatic nitrogens is 1. The third-order valence-corrected chi connectivity index (χ3v) is 4.80. The van der Waals surface area contributed by atoms with Gasteiger partial charge in [0, 0.05) is 29.8 Å². The average molecular weight is 356 g/mol. The van der Waals surface area contributed by atoms with Crippen LogP contribution in [0.3, 0.4) is 0 Å². The number of H-pyrrole nitrogens is 1. The van der Waals surface area contributed by atoms with Gasteiger partial charge in [-0.3, -0.25) is 4.72 Å². The maximum absolute atomic E-state index is 13.7. The lowest BCUT2D eigenvalue weighted by atomic mass is 10.2. The number of hydrogen-bond acceptors (Lipinski definition) is 3. The van der Waals surface area contributed by atoms with Crippen molar-refractivity contribution in [3.8, 4) is 5.75 Å². The summed E-state index contributed by atoms with van der Waals surface area (Å²) in [5.74, 6) is -3.47. The third-order valence-electron chi connectivity index (χ3n) is 3.39. The Morgan fingerprint density at radius 2 is 1.75 bits per heavy atom. The van der Waals surface area contributed by atoms with Gasteiger partial charge in [0.2, 0.25) is 0 Å². The Balaban J connectivity index is 2.04. The molecule has 3 rings (SSSR count). The molecule has 0 atom stereocenters. The first-order valence-electron chi connectivity index (χ1n) is 6.64. The molecule has 0 radical (unpaired) electrons. The van der Waals surface area contributed by atoms with E-state index in [1.807, 2.05) is 4.72 Å². The average Bonchev–Trinajstić information content (AvgIpc) is 2.96. The van der Waals surface area contributed by atoms with Crippen LogP contribution in [0.5, 0.6) is 5.75 Å². The van der Waals surface area contributed by atoms with Gasteiger partial charge in [0.05, 0.1) is 18.3 Å². The van der Waals surface area contributed by atoms with Crippen molar-refractivity contribution < 1.29 is 26.3 Å². The van der Waals surface area contributed by atoms with Crippen LogP contribution in [0.15, 0.2) is 41.4 Å². The molecule has 1 aromatic heterocycles. The first kappa shape index (κ1) is 16.2. The molecule has 0 bridgehead atoms. The Bertz CT molecular complexity index is 1030. The van der Waals surface area contributed by atoms with E-state index in [1.54, 1.807) is 12.1 Å². The molecule has 5 nitrogen and oxygen atoms in total. The Morgan fingerprint density at radius 3 is 2.46 bits per heavy atom. The van der Waals surface area contributed by atoms with E-state index < -0.39 is 33.2 Å². The SMILES string of the molecule is COc1ccc2c(S(=O)(=O)Nc3cc(F)c(F)cc3F)c[nH]c2c1. The number of ether oxygens (including phenoxy) is 1. The maximum atomic E-state index is 13.7. The van der Waals surface area contributed by atoms with Crippen LogP contribution >= 0.6 is 0 Å². The fourth-order valence-electron chi connectivity index (χ4n) is 2.23. The lowest BCUT2D eigenvalue weighted by Gasteiger charge is -2.09. The van der Waals surface area contributed by atoms with E-state index >= 15 is 0 Å². The van der Waals surface area contributed by atoms with Gasteiger partial charge < -0.3 is 9.72 Å². The van der Waals surface area contributed by atoms with Gasteiger partial charge in [0.25, 0.3) is 10.0 Å². The van der Waals surface area contributed by atoms with E-state index in [2.05, 4.69) is 4.98 Å². The van der Waals surface area contributed by atoms with E-state index in [9.17, 15) is 21.6 Å². The van der Waals surface area contributed by atoms with Gasteiger partial charge in [-0.1, -0.05) is 0 Å². The van der Waals surface area contributed by atoms with Crippen molar-refractivity contribution in [3.63, 3.8) is 0 Å². The summed E-state index contributed by atoms with van der Waals surface area (Å²) in [6.45, 7) is 0. The van der Waals surface area contributed by atoms with Crippen LogP contribution in [0.4, 0.5) is 18.9 Å². The van der Waals surface area contributed by atoms with Crippen molar-refractivity contribution in [2.24, 2.45) is 0 Å². The van der Waals surface area contributed by atoms with Crippen LogP contribution in [0, 0.1) is 17.5 Å². The number of hydrogen-bond donors (Lipinski definition) is 2. The van der Waals surface area contributed by atoms with E-state index in [0.717, 1.165) is 0 Å². The van der Waals surface area contributed by atoms with Gasteiger partial charge in [-0.25, -0.2) is 21.6 Å². The number of sulfonamides is 1.